The molecule has 32 heavy (non-hydrogen) atoms. The van der Waals surface area contributed by atoms with Gasteiger partial charge in [-0.15, -0.1) is 0 Å². The Labute approximate surface area is 186 Å². The van der Waals surface area contributed by atoms with Crippen LogP contribution in [0.15, 0.2) is 77.7 Å². The average molecular weight is 457 g/mol. The fraction of sp³-hybridized carbons (Fsp3) is 0.174. The molecule has 0 aliphatic heterocycles. The minimum absolute atomic E-state index is 0.0481. The number of carbonyl (C=O) groups excluding carboxylic acids is 1. The molecule has 0 spiro atoms. The molecule has 9 heteroatoms. The number of anilines is 2. The predicted octanol–water partition coefficient (Wildman–Crippen LogP) is 4.00. The van der Waals surface area contributed by atoms with Crippen molar-refractivity contribution >= 4 is 27.3 Å². The molecule has 0 saturated heterocycles. The SMILES string of the molecule is CCC(Oc1ccccc1)C(=O)Nc1cc(S(=O)(=O)Nc2ccccc2OC)ccc1O. The minimum Gasteiger partial charge on any atom is -0.506 e. The highest BCUT2D eigenvalue weighted by atomic mass is 32.2. The molecule has 0 saturated carbocycles. The van der Waals surface area contributed by atoms with Gasteiger partial charge in [-0.3, -0.25) is 9.52 Å². The lowest BCUT2D eigenvalue weighted by atomic mass is 10.2. The number of benzene rings is 3. The summed E-state index contributed by atoms with van der Waals surface area (Å²) in [5.41, 5.74) is 0.212. The molecule has 1 atom stereocenters. The second kappa shape index (κ2) is 10.1. The number of sulfonamides is 1. The zero-order valence-corrected chi connectivity index (χ0v) is 18.4. The smallest absolute Gasteiger partial charge is 0.265 e. The van der Waals surface area contributed by atoms with E-state index in [9.17, 15) is 18.3 Å². The van der Waals surface area contributed by atoms with Crippen LogP contribution in [0.4, 0.5) is 11.4 Å². The Morgan fingerprint density at radius 2 is 1.69 bits per heavy atom. The molecule has 8 nitrogen and oxygen atoms in total. The van der Waals surface area contributed by atoms with Gasteiger partial charge in [-0.05, 0) is 48.9 Å². The molecule has 0 aliphatic carbocycles. The number of nitrogens with one attached hydrogen (secondary N) is 2. The Hall–Kier alpha value is -3.72. The van der Waals surface area contributed by atoms with E-state index in [1.807, 2.05) is 6.07 Å². The van der Waals surface area contributed by atoms with Gasteiger partial charge in [0.05, 0.1) is 23.4 Å². The fourth-order valence-electron chi connectivity index (χ4n) is 2.91. The van der Waals surface area contributed by atoms with Gasteiger partial charge >= 0.3 is 0 Å². The molecule has 0 fully saturated rings. The number of aromatic hydroxyl groups is 1. The van der Waals surface area contributed by atoms with Gasteiger partial charge in [0.15, 0.2) is 6.10 Å². The van der Waals surface area contributed by atoms with E-state index in [1.165, 1.54) is 25.3 Å². The van der Waals surface area contributed by atoms with E-state index in [4.69, 9.17) is 9.47 Å². The summed E-state index contributed by atoms with van der Waals surface area (Å²) in [7, 11) is -2.59. The Bertz CT molecular complexity index is 1180. The van der Waals surface area contributed by atoms with Crippen molar-refractivity contribution in [3.63, 3.8) is 0 Å². The van der Waals surface area contributed by atoms with E-state index in [0.29, 0.717) is 17.9 Å². The molecule has 0 aromatic heterocycles. The average Bonchev–Trinajstić information content (AvgIpc) is 2.79. The first-order valence-corrected chi connectivity index (χ1v) is 11.3. The zero-order chi connectivity index (χ0) is 23.1. The topological polar surface area (TPSA) is 114 Å². The molecule has 3 rings (SSSR count). The minimum atomic E-state index is -4.02. The summed E-state index contributed by atoms with van der Waals surface area (Å²) in [6, 6.07) is 19.0. The summed E-state index contributed by atoms with van der Waals surface area (Å²) in [6.07, 6.45) is -0.460. The first-order valence-electron chi connectivity index (χ1n) is 9.85. The number of phenolic OH excluding ortho intramolecular Hbond substituents is 1. The molecular formula is C23H24N2O6S. The second-order valence-corrected chi connectivity index (χ2v) is 8.48. The van der Waals surface area contributed by atoms with E-state index in [-0.39, 0.29) is 22.0 Å². The normalized spacial score (nSPS) is 11.9. The van der Waals surface area contributed by atoms with Crippen molar-refractivity contribution in [3.05, 3.63) is 72.8 Å². The predicted molar refractivity (Wildman–Crippen MR) is 122 cm³/mol. The molecule has 0 aliphatic rings. The maximum absolute atomic E-state index is 12.9. The summed E-state index contributed by atoms with van der Waals surface area (Å²) in [5, 5.41) is 12.7. The van der Waals surface area contributed by atoms with Crippen LogP contribution in [0.2, 0.25) is 0 Å². The van der Waals surface area contributed by atoms with Gasteiger partial charge < -0.3 is 19.9 Å². The highest BCUT2D eigenvalue weighted by Crippen LogP contribution is 2.30. The quantitative estimate of drug-likeness (QED) is 0.420. The van der Waals surface area contributed by atoms with Crippen LogP contribution in [0.25, 0.3) is 0 Å². The molecular weight excluding hydrogens is 432 g/mol. The Morgan fingerprint density at radius 3 is 2.38 bits per heavy atom. The van der Waals surface area contributed by atoms with Crippen molar-refractivity contribution in [2.24, 2.45) is 0 Å². The van der Waals surface area contributed by atoms with Gasteiger partial charge in [-0.1, -0.05) is 37.3 Å². The molecule has 0 heterocycles. The molecule has 1 unspecified atom stereocenters. The lowest BCUT2D eigenvalue weighted by Crippen LogP contribution is -2.32. The van der Waals surface area contributed by atoms with Crippen LogP contribution in [0.5, 0.6) is 17.2 Å². The van der Waals surface area contributed by atoms with Crippen LogP contribution in [0.3, 0.4) is 0 Å². The number of rotatable bonds is 9. The number of carbonyl (C=O) groups is 1. The molecule has 3 aromatic rings. The number of methoxy groups -OCH3 is 1. The van der Waals surface area contributed by atoms with E-state index in [1.54, 1.807) is 55.5 Å². The van der Waals surface area contributed by atoms with Crippen molar-refractivity contribution < 1.29 is 27.8 Å². The fourth-order valence-corrected chi connectivity index (χ4v) is 4.01. The summed E-state index contributed by atoms with van der Waals surface area (Å²) in [4.78, 5) is 12.6. The highest BCUT2D eigenvalue weighted by Gasteiger charge is 2.22. The number of phenols is 1. The summed E-state index contributed by atoms with van der Waals surface area (Å²) >= 11 is 0. The zero-order valence-electron chi connectivity index (χ0n) is 17.6. The Kier molecular flexibility index (Phi) is 7.21. The van der Waals surface area contributed by atoms with E-state index >= 15 is 0 Å². The molecule has 168 valence electrons. The molecule has 1 amide bonds. The number of para-hydroxylation sites is 3. The maximum atomic E-state index is 12.9. The third kappa shape index (κ3) is 5.50. The summed E-state index contributed by atoms with van der Waals surface area (Å²) in [6.45, 7) is 1.78. The third-order valence-corrected chi connectivity index (χ3v) is 5.94. The van der Waals surface area contributed by atoms with Crippen LogP contribution in [-0.4, -0.2) is 32.6 Å². The van der Waals surface area contributed by atoms with E-state index < -0.39 is 22.0 Å². The monoisotopic (exact) mass is 456 g/mol. The van der Waals surface area contributed by atoms with Gasteiger partial charge in [-0.25, -0.2) is 8.42 Å². The van der Waals surface area contributed by atoms with Crippen LogP contribution in [0.1, 0.15) is 13.3 Å². The van der Waals surface area contributed by atoms with Gasteiger partial charge in [0.25, 0.3) is 15.9 Å². The number of hydrogen-bond donors (Lipinski definition) is 3. The number of ether oxygens (including phenoxy) is 2. The van der Waals surface area contributed by atoms with E-state index in [0.717, 1.165) is 0 Å². The van der Waals surface area contributed by atoms with E-state index in [2.05, 4.69) is 10.0 Å². The van der Waals surface area contributed by atoms with Crippen LogP contribution in [0, 0.1) is 0 Å². The van der Waals surface area contributed by atoms with Crippen LogP contribution in [-0.2, 0) is 14.8 Å². The van der Waals surface area contributed by atoms with Gasteiger partial charge in [0.2, 0.25) is 0 Å². The van der Waals surface area contributed by atoms with Crippen molar-refractivity contribution in [1.29, 1.82) is 0 Å². The third-order valence-electron chi connectivity index (χ3n) is 4.57. The van der Waals surface area contributed by atoms with Crippen LogP contribution < -0.4 is 19.5 Å². The first kappa shape index (κ1) is 23.0. The van der Waals surface area contributed by atoms with Crippen molar-refractivity contribution in [2.45, 2.75) is 24.3 Å². The van der Waals surface area contributed by atoms with Crippen molar-refractivity contribution in [2.75, 3.05) is 17.1 Å². The summed E-state index contributed by atoms with van der Waals surface area (Å²) < 4.78 is 39.1. The van der Waals surface area contributed by atoms with Crippen LogP contribution >= 0.6 is 0 Å². The van der Waals surface area contributed by atoms with Gasteiger partial charge in [0, 0.05) is 0 Å². The molecule has 3 N–H and O–H groups in total. The van der Waals surface area contributed by atoms with Gasteiger partial charge in [0.1, 0.15) is 17.2 Å². The maximum Gasteiger partial charge on any atom is 0.265 e. The van der Waals surface area contributed by atoms with Gasteiger partial charge in [-0.2, -0.15) is 0 Å². The Balaban J connectivity index is 1.81. The molecule has 0 radical (unpaired) electrons. The highest BCUT2D eigenvalue weighted by molar-refractivity contribution is 7.92. The standard InChI is InChI=1S/C23H24N2O6S/c1-3-21(31-16-9-5-4-6-10-16)23(27)24-19-15-17(13-14-20(19)26)32(28,29)25-18-11-7-8-12-22(18)30-2/h4-15,21,25-26H,3H2,1-2H3,(H,24,27). The second-order valence-electron chi connectivity index (χ2n) is 6.80. The first-order chi connectivity index (χ1) is 15.3. The largest absolute Gasteiger partial charge is 0.506 e. The lowest BCUT2D eigenvalue weighted by molar-refractivity contribution is -0.122. The lowest BCUT2D eigenvalue weighted by Gasteiger charge is -2.18. The number of amides is 1. The Morgan fingerprint density at radius 1 is 1.00 bits per heavy atom. The number of hydrogen-bond acceptors (Lipinski definition) is 6. The molecule has 0 bridgehead atoms. The summed E-state index contributed by atoms with van der Waals surface area (Å²) in [5.74, 6) is 0.0892. The molecule has 3 aromatic carbocycles. The van der Waals surface area contributed by atoms with Crippen molar-refractivity contribution in [1.82, 2.24) is 0 Å². The van der Waals surface area contributed by atoms with Crippen molar-refractivity contribution in [3.8, 4) is 17.2 Å².